The Bertz CT molecular complexity index is 1830. The molecule has 13 nitrogen and oxygen atoms in total. The third-order valence-corrected chi connectivity index (χ3v) is 6.75. The second-order valence-corrected chi connectivity index (χ2v) is 9.62. The first-order valence-corrected chi connectivity index (χ1v) is 13.0. The first-order chi connectivity index (χ1) is 19.8. The Morgan fingerprint density at radius 1 is 0.878 bits per heavy atom. The summed E-state index contributed by atoms with van der Waals surface area (Å²) in [7, 11) is 0. The summed E-state index contributed by atoms with van der Waals surface area (Å²) in [5.41, 5.74) is 0.698. The molecule has 0 saturated heterocycles. The number of aliphatic hydroxyl groups excluding tert-OH is 1. The zero-order valence-electron chi connectivity index (χ0n) is 20.9. The van der Waals surface area contributed by atoms with Gasteiger partial charge >= 0.3 is 5.63 Å². The third kappa shape index (κ3) is 6.51. The van der Waals surface area contributed by atoms with E-state index in [2.05, 4.69) is 15.2 Å². The van der Waals surface area contributed by atoms with Crippen molar-refractivity contribution >= 4 is 34.1 Å². The van der Waals surface area contributed by atoms with Gasteiger partial charge in [0.1, 0.15) is 29.3 Å². The van der Waals surface area contributed by atoms with E-state index in [0.717, 1.165) is 17.1 Å². The smallest absolute Gasteiger partial charge is 0.336 e. The largest absolute Gasteiger partial charge is 0.491 e. The maximum absolute atomic E-state index is 11.5. The summed E-state index contributed by atoms with van der Waals surface area (Å²) >= 11 is 1.08. The van der Waals surface area contributed by atoms with E-state index in [-0.39, 0.29) is 40.3 Å². The van der Waals surface area contributed by atoms with Crippen LogP contribution in [0.15, 0.2) is 93.2 Å². The molecule has 2 aromatic heterocycles. The van der Waals surface area contributed by atoms with Crippen LogP contribution in [0.4, 0.5) is 11.4 Å². The van der Waals surface area contributed by atoms with Crippen LogP contribution in [-0.4, -0.2) is 48.6 Å². The molecule has 0 aliphatic rings. The zero-order valence-corrected chi connectivity index (χ0v) is 21.8. The van der Waals surface area contributed by atoms with Gasteiger partial charge in [0.25, 0.3) is 11.4 Å². The molecule has 0 aliphatic carbocycles. The summed E-state index contributed by atoms with van der Waals surface area (Å²) in [6.07, 6.45) is -0.945. The Labute approximate surface area is 234 Å². The summed E-state index contributed by atoms with van der Waals surface area (Å²) < 4.78 is 10.8. The van der Waals surface area contributed by atoms with E-state index in [9.17, 15) is 30.1 Å². The number of nitro groups is 2. The van der Waals surface area contributed by atoms with Crippen molar-refractivity contribution in [3.8, 4) is 28.3 Å². The first kappa shape index (κ1) is 27.4. The SMILES string of the molecule is O=c1ccc2ccc(OCC(O)CSc3nnc(-c4cccc([N+](=O)[O-])c4)c(-c4cccc([N+](=O)[O-])c4)n3)cc2o1. The minimum Gasteiger partial charge on any atom is -0.491 e. The fourth-order valence-electron chi connectivity index (χ4n) is 3.84. The standard InChI is InChI=1S/C27H19N5O8S/c33-21(14-39-22-9-7-16-8-10-24(34)40-23(16)13-22)15-41-27-28-25(17-3-1-5-19(11-17)31(35)36)26(29-30-27)18-4-2-6-20(12-18)32(37)38/h1-13,21,33H,14-15H2. The van der Waals surface area contributed by atoms with Crippen LogP contribution in [0.3, 0.4) is 0 Å². The number of aromatic nitrogens is 3. The third-order valence-electron chi connectivity index (χ3n) is 5.77. The highest BCUT2D eigenvalue weighted by atomic mass is 32.2. The molecule has 0 amide bonds. The summed E-state index contributed by atoms with van der Waals surface area (Å²) in [5, 5.41) is 42.4. The van der Waals surface area contributed by atoms with Crippen LogP contribution in [0.2, 0.25) is 0 Å². The number of fused-ring (bicyclic) bond motifs is 1. The normalized spacial score (nSPS) is 11.7. The van der Waals surface area contributed by atoms with Gasteiger partial charge in [-0.15, -0.1) is 10.2 Å². The molecule has 0 bridgehead atoms. The van der Waals surface area contributed by atoms with Gasteiger partial charge < -0.3 is 14.3 Å². The van der Waals surface area contributed by atoms with Gasteiger partial charge in [-0.3, -0.25) is 20.2 Å². The molecule has 2 heterocycles. The highest BCUT2D eigenvalue weighted by molar-refractivity contribution is 7.99. The molecule has 5 aromatic rings. The quantitative estimate of drug-likeness (QED) is 0.106. The highest BCUT2D eigenvalue weighted by Crippen LogP contribution is 2.33. The predicted octanol–water partition coefficient (Wildman–Crippen LogP) is 4.66. The maximum Gasteiger partial charge on any atom is 0.336 e. The van der Waals surface area contributed by atoms with Crippen LogP contribution in [0.1, 0.15) is 0 Å². The lowest BCUT2D eigenvalue weighted by Crippen LogP contribution is -2.20. The Morgan fingerprint density at radius 2 is 1.54 bits per heavy atom. The molecule has 5 rings (SSSR count). The Morgan fingerprint density at radius 3 is 2.22 bits per heavy atom. The Kier molecular flexibility index (Phi) is 7.94. The number of aliphatic hydroxyl groups is 1. The predicted molar refractivity (Wildman–Crippen MR) is 149 cm³/mol. The molecule has 41 heavy (non-hydrogen) atoms. The van der Waals surface area contributed by atoms with Crippen LogP contribution in [-0.2, 0) is 0 Å². The number of thioether (sulfide) groups is 1. The highest BCUT2D eigenvalue weighted by Gasteiger charge is 2.19. The van der Waals surface area contributed by atoms with E-state index in [1.165, 1.54) is 42.5 Å². The molecule has 0 spiro atoms. The molecule has 0 aliphatic heterocycles. The fraction of sp³-hybridized carbons (Fsp3) is 0.111. The van der Waals surface area contributed by atoms with Crippen molar-refractivity contribution in [1.29, 1.82) is 0 Å². The van der Waals surface area contributed by atoms with Crippen molar-refractivity contribution in [2.24, 2.45) is 0 Å². The van der Waals surface area contributed by atoms with E-state index < -0.39 is 21.6 Å². The Hall–Kier alpha value is -5.21. The molecule has 206 valence electrons. The molecule has 1 atom stereocenters. The zero-order chi connectivity index (χ0) is 28.9. The molecule has 0 radical (unpaired) electrons. The van der Waals surface area contributed by atoms with E-state index in [0.29, 0.717) is 22.5 Å². The van der Waals surface area contributed by atoms with Gasteiger partial charge in [-0.2, -0.15) is 0 Å². The second kappa shape index (κ2) is 11.9. The minimum atomic E-state index is -0.945. The molecule has 0 saturated carbocycles. The fourth-order valence-corrected chi connectivity index (χ4v) is 4.54. The van der Waals surface area contributed by atoms with Gasteiger partial charge in [0.15, 0.2) is 0 Å². The number of hydrogen-bond donors (Lipinski definition) is 1. The summed E-state index contributed by atoms with van der Waals surface area (Å²) in [4.78, 5) is 37.6. The second-order valence-electron chi connectivity index (χ2n) is 8.64. The molecule has 3 aromatic carbocycles. The summed E-state index contributed by atoms with van der Waals surface area (Å²) in [6.45, 7) is -0.0769. The van der Waals surface area contributed by atoms with Crippen LogP contribution in [0.25, 0.3) is 33.5 Å². The van der Waals surface area contributed by atoms with Crippen molar-refractivity contribution in [2.75, 3.05) is 12.4 Å². The molecule has 1 N–H and O–H groups in total. The number of ether oxygens (including phenoxy) is 1. The van der Waals surface area contributed by atoms with Gasteiger partial charge in [0.05, 0.1) is 16.0 Å². The van der Waals surface area contributed by atoms with Crippen LogP contribution < -0.4 is 10.4 Å². The van der Waals surface area contributed by atoms with Crippen LogP contribution in [0.5, 0.6) is 5.75 Å². The monoisotopic (exact) mass is 573 g/mol. The lowest BCUT2D eigenvalue weighted by Gasteiger charge is -2.13. The molecular formula is C27H19N5O8S. The van der Waals surface area contributed by atoms with Crippen LogP contribution >= 0.6 is 11.8 Å². The van der Waals surface area contributed by atoms with Gasteiger partial charge in [0, 0.05) is 58.7 Å². The van der Waals surface area contributed by atoms with Gasteiger partial charge in [-0.1, -0.05) is 36.0 Å². The number of nitrogens with zero attached hydrogens (tertiary/aromatic N) is 5. The maximum atomic E-state index is 11.5. The minimum absolute atomic E-state index is 0.0769. The number of benzene rings is 3. The first-order valence-electron chi connectivity index (χ1n) is 12.0. The van der Waals surface area contributed by atoms with Crippen molar-refractivity contribution in [2.45, 2.75) is 11.3 Å². The van der Waals surface area contributed by atoms with Crippen molar-refractivity contribution < 1.29 is 24.1 Å². The molecule has 0 fully saturated rings. The van der Waals surface area contributed by atoms with E-state index >= 15 is 0 Å². The van der Waals surface area contributed by atoms with Gasteiger partial charge in [0.2, 0.25) is 5.16 Å². The van der Waals surface area contributed by atoms with Crippen molar-refractivity contribution in [1.82, 2.24) is 15.2 Å². The number of rotatable bonds is 10. The van der Waals surface area contributed by atoms with Crippen LogP contribution in [0, 0.1) is 20.2 Å². The van der Waals surface area contributed by atoms with Gasteiger partial charge in [-0.05, 0) is 18.2 Å². The lowest BCUT2D eigenvalue weighted by molar-refractivity contribution is -0.385. The molecule has 14 heteroatoms. The summed E-state index contributed by atoms with van der Waals surface area (Å²) in [5.74, 6) is 0.526. The lowest BCUT2D eigenvalue weighted by atomic mass is 10.0. The topological polar surface area (TPSA) is 185 Å². The van der Waals surface area contributed by atoms with Crippen molar-refractivity contribution in [3.63, 3.8) is 0 Å². The van der Waals surface area contributed by atoms with E-state index in [1.54, 1.807) is 36.4 Å². The average molecular weight is 574 g/mol. The number of nitro benzene ring substituents is 2. The van der Waals surface area contributed by atoms with E-state index in [4.69, 9.17) is 9.15 Å². The average Bonchev–Trinajstić information content (AvgIpc) is 2.98. The summed E-state index contributed by atoms with van der Waals surface area (Å²) in [6, 6.07) is 19.4. The molecule has 1 unspecified atom stereocenters. The van der Waals surface area contributed by atoms with Gasteiger partial charge in [-0.25, -0.2) is 9.78 Å². The number of non-ortho nitro benzene ring substituents is 2. The Balaban J connectivity index is 1.36. The van der Waals surface area contributed by atoms with Crippen molar-refractivity contribution in [3.05, 3.63) is 110 Å². The number of hydrogen-bond acceptors (Lipinski definition) is 12. The van der Waals surface area contributed by atoms with E-state index in [1.807, 2.05) is 0 Å². The molecular weight excluding hydrogens is 554 g/mol.